The maximum atomic E-state index is 12.2. The van der Waals surface area contributed by atoms with Gasteiger partial charge in [0.1, 0.15) is 0 Å². The zero-order valence-corrected chi connectivity index (χ0v) is 13.6. The number of rotatable bonds is 5. The number of nitrogens with zero attached hydrogens (tertiary/aromatic N) is 4. The molecule has 0 radical (unpaired) electrons. The molecule has 2 aliphatic rings. The van der Waals surface area contributed by atoms with Crippen LogP contribution in [0.3, 0.4) is 0 Å². The van der Waals surface area contributed by atoms with Crippen molar-refractivity contribution in [1.29, 1.82) is 0 Å². The highest BCUT2D eigenvalue weighted by atomic mass is 16.2. The van der Waals surface area contributed by atoms with Crippen molar-refractivity contribution < 1.29 is 4.79 Å². The Balaban J connectivity index is 1.37. The second kappa shape index (κ2) is 7.23. The van der Waals surface area contributed by atoms with E-state index in [9.17, 15) is 4.79 Å². The first-order valence-electron chi connectivity index (χ1n) is 8.49. The minimum absolute atomic E-state index is 0.0197. The fourth-order valence-corrected chi connectivity index (χ4v) is 3.36. The molecule has 1 saturated carbocycles. The van der Waals surface area contributed by atoms with E-state index in [0.717, 1.165) is 64.4 Å². The zero-order valence-electron chi connectivity index (χ0n) is 13.6. The van der Waals surface area contributed by atoms with Crippen LogP contribution in [-0.2, 0) is 4.79 Å². The number of nitrogens with one attached hydrogen (secondary N) is 1. The zero-order chi connectivity index (χ0) is 16.1. The lowest BCUT2D eigenvalue weighted by atomic mass is 9.98. The van der Waals surface area contributed by atoms with Gasteiger partial charge >= 0.3 is 0 Å². The summed E-state index contributed by atoms with van der Waals surface area (Å²) in [6.45, 7) is 5.28. The minimum Gasteiger partial charge on any atom is -0.353 e. The molecule has 1 aromatic rings. The Labute approximate surface area is 137 Å². The van der Waals surface area contributed by atoms with E-state index in [2.05, 4.69) is 25.1 Å². The SMILES string of the molecule is NC1(C(=O)NCCN2CCN(c3ncccn3)CC2)CCCC1. The molecule has 0 atom stereocenters. The molecule has 1 saturated heterocycles. The van der Waals surface area contributed by atoms with Crippen molar-refractivity contribution in [1.82, 2.24) is 20.2 Å². The Morgan fingerprint density at radius 3 is 2.48 bits per heavy atom. The highest BCUT2D eigenvalue weighted by Crippen LogP contribution is 2.27. The van der Waals surface area contributed by atoms with Gasteiger partial charge in [-0.25, -0.2) is 9.97 Å². The van der Waals surface area contributed by atoms with E-state index < -0.39 is 5.54 Å². The summed E-state index contributed by atoms with van der Waals surface area (Å²) in [5.41, 5.74) is 5.54. The summed E-state index contributed by atoms with van der Waals surface area (Å²) in [5.74, 6) is 0.818. The number of nitrogens with two attached hydrogens (primary N) is 1. The lowest BCUT2D eigenvalue weighted by molar-refractivity contribution is -0.126. The predicted octanol–water partition coefficient (Wildman–Crippen LogP) is -0.0137. The molecule has 0 aromatic carbocycles. The highest BCUT2D eigenvalue weighted by molar-refractivity contribution is 5.86. The molecule has 23 heavy (non-hydrogen) atoms. The molecule has 126 valence electrons. The summed E-state index contributed by atoms with van der Waals surface area (Å²) in [5, 5.41) is 3.01. The van der Waals surface area contributed by atoms with Crippen LogP contribution in [0.1, 0.15) is 25.7 Å². The number of amides is 1. The molecule has 3 N–H and O–H groups in total. The van der Waals surface area contributed by atoms with Crippen LogP contribution < -0.4 is 16.0 Å². The van der Waals surface area contributed by atoms with Gasteiger partial charge in [0, 0.05) is 51.7 Å². The van der Waals surface area contributed by atoms with Crippen LogP contribution in [0.25, 0.3) is 0 Å². The van der Waals surface area contributed by atoms with E-state index in [1.165, 1.54) is 0 Å². The predicted molar refractivity (Wildman–Crippen MR) is 89.1 cm³/mol. The number of carbonyl (C=O) groups is 1. The second-order valence-corrected chi connectivity index (χ2v) is 6.50. The fourth-order valence-electron chi connectivity index (χ4n) is 3.36. The Kier molecular flexibility index (Phi) is 5.07. The van der Waals surface area contributed by atoms with E-state index in [0.29, 0.717) is 6.54 Å². The van der Waals surface area contributed by atoms with E-state index in [4.69, 9.17) is 5.73 Å². The van der Waals surface area contributed by atoms with Gasteiger partial charge in [0.25, 0.3) is 0 Å². The van der Waals surface area contributed by atoms with Gasteiger partial charge in [0.2, 0.25) is 11.9 Å². The standard InChI is InChI=1S/C16H26N6O/c17-16(4-1-2-5-16)14(23)18-8-9-21-10-12-22(13-11-21)15-19-6-3-7-20-15/h3,6-7H,1-2,4-5,8-13,17H2,(H,18,23). The average Bonchev–Trinajstić information content (AvgIpc) is 3.04. The van der Waals surface area contributed by atoms with Gasteiger partial charge in [-0.3, -0.25) is 9.69 Å². The van der Waals surface area contributed by atoms with Crippen LogP contribution in [0.2, 0.25) is 0 Å². The molecule has 1 aliphatic carbocycles. The fraction of sp³-hybridized carbons (Fsp3) is 0.688. The molecule has 7 heteroatoms. The van der Waals surface area contributed by atoms with Crippen molar-refractivity contribution in [3.63, 3.8) is 0 Å². The minimum atomic E-state index is -0.622. The molecular formula is C16H26N6O. The van der Waals surface area contributed by atoms with Gasteiger partial charge in [-0.15, -0.1) is 0 Å². The molecular weight excluding hydrogens is 292 g/mol. The monoisotopic (exact) mass is 318 g/mol. The van der Waals surface area contributed by atoms with Gasteiger partial charge in [-0.1, -0.05) is 12.8 Å². The number of aromatic nitrogens is 2. The van der Waals surface area contributed by atoms with E-state index >= 15 is 0 Å². The molecule has 1 amide bonds. The first-order chi connectivity index (χ1) is 11.2. The smallest absolute Gasteiger partial charge is 0.240 e. The molecule has 2 heterocycles. The lowest BCUT2D eigenvalue weighted by Gasteiger charge is -2.34. The maximum absolute atomic E-state index is 12.2. The van der Waals surface area contributed by atoms with Crippen molar-refractivity contribution in [2.24, 2.45) is 5.73 Å². The first-order valence-corrected chi connectivity index (χ1v) is 8.49. The van der Waals surface area contributed by atoms with E-state index in [1.54, 1.807) is 12.4 Å². The summed E-state index contributed by atoms with van der Waals surface area (Å²) in [4.78, 5) is 25.3. The number of hydrogen-bond acceptors (Lipinski definition) is 6. The van der Waals surface area contributed by atoms with E-state index in [-0.39, 0.29) is 5.91 Å². The Hall–Kier alpha value is -1.73. The largest absolute Gasteiger partial charge is 0.353 e. The van der Waals surface area contributed by atoms with Crippen LogP contribution in [0.4, 0.5) is 5.95 Å². The third-order valence-electron chi connectivity index (χ3n) is 4.87. The quantitative estimate of drug-likeness (QED) is 0.794. The molecule has 0 spiro atoms. The van der Waals surface area contributed by atoms with Crippen LogP contribution in [0.15, 0.2) is 18.5 Å². The van der Waals surface area contributed by atoms with Crippen molar-refractivity contribution in [3.8, 4) is 0 Å². The van der Waals surface area contributed by atoms with E-state index in [1.807, 2.05) is 6.07 Å². The first kappa shape index (κ1) is 16.1. The van der Waals surface area contributed by atoms with Gasteiger partial charge < -0.3 is 16.0 Å². The summed E-state index contributed by atoms with van der Waals surface area (Å²) in [6, 6.07) is 1.83. The molecule has 1 aromatic heterocycles. The van der Waals surface area contributed by atoms with Crippen LogP contribution >= 0.6 is 0 Å². The van der Waals surface area contributed by atoms with Crippen LogP contribution in [0, 0.1) is 0 Å². The third kappa shape index (κ3) is 3.97. The van der Waals surface area contributed by atoms with Gasteiger partial charge in [-0.2, -0.15) is 0 Å². The number of carbonyl (C=O) groups excluding carboxylic acids is 1. The van der Waals surface area contributed by atoms with Crippen LogP contribution in [-0.4, -0.2) is 65.6 Å². The number of piperazine rings is 1. The highest BCUT2D eigenvalue weighted by Gasteiger charge is 2.36. The van der Waals surface area contributed by atoms with Gasteiger partial charge in [0.05, 0.1) is 5.54 Å². The van der Waals surface area contributed by atoms with Crippen molar-refractivity contribution in [2.75, 3.05) is 44.2 Å². The average molecular weight is 318 g/mol. The third-order valence-corrected chi connectivity index (χ3v) is 4.87. The molecule has 0 unspecified atom stereocenters. The number of anilines is 1. The molecule has 3 rings (SSSR count). The van der Waals surface area contributed by atoms with Gasteiger partial charge in [-0.05, 0) is 18.9 Å². The Morgan fingerprint density at radius 2 is 1.83 bits per heavy atom. The van der Waals surface area contributed by atoms with Crippen molar-refractivity contribution in [3.05, 3.63) is 18.5 Å². The summed E-state index contributed by atoms with van der Waals surface area (Å²) in [6.07, 6.45) is 7.30. The lowest BCUT2D eigenvalue weighted by Crippen LogP contribution is -2.54. The summed E-state index contributed by atoms with van der Waals surface area (Å²) < 4.78 is 0. The van der Waals surface area contributed by atoms with Gasteiger partial charge in [0.15, 0.2) is 0 Å². The maximum Gasteiger partial charge on any atom is 0.240 e. The topological polar surface area (TPSA) is 87.4 Å². The second-order valence-electron chi connectivity index (χ2n) is 6.50. The van der Waals surface area contributed by atoms with Crippen LogP contribution in [0.5, 0.6) is 0 Å². The summed E-state index contributed by atoms with van der Waals surface area (Å²) >= 11 is 0. The van der Waals surface area contributed by atoms with Crippen molar-refractivity contribution in [2.45, 2.75) is 31.2 Å². The Morgan fingerprint density at radius 1 is 1.17 bits per heavy atom. The molecule has 0 bridgehead atoms. The summed E-state index contributed by atoms with van der Waals surface area (Å²) in [7, 11) is 0. The number of hydrogen-bond donors (Lipinski definition) is 2. The molecule has 2 fully saturated rings. The van der Waals surface area contributed by atoms with Crippen molar-refractivity contribution >= 4 is 11.9 Å². The Bertz CT molecular complexity index is 509. The molecule has 1 aliphatic heterocycles. The normalized spacial score (nSPS) is 21.3. The molecule has 7 nitrogen and oxygen atoms in total.